The summed E-state index contributed by atoms with van der Waals surface area (Å²) >= 11 is 0. The van der Waals surface area contributed by atoms with Gasteiger partial charge >= 0.3 is 0 Å². The topological polar surface area (TPSA) is 97.6 Å². The molecule has 0 fully saturated rings. The van der Waals surface area contributed by atoms with Gasteiger partial charge in [0, 0.05) is 13.2 Å². The second-order valence-corrected chi connectivity index (χ2v) is 6.63. The van der Waals surface area contributed by atoms with E-state index in [1.54, 1.807) is 19.2 Å². The molecule has 2 aromatic rings. The van der Waals surface area contributed by atoms with Crippen molar-refractivity contribution in [3.8, 4) is 17.6 Å². The maximum Gasteiger partial charge on any atom is 0.261 e. The van der Waals surface area contributed by atoms with E-state index in [9.17, 15) is 8.42 Å². The standard InChI is InChI=1S/C17H18N2O5S/c1-22-8-9-24-17-11-14(6-7-16(17)23-2)19-25(20,21)15-5-3-4-13(10-15)12-18/h3-7,10-11,19H,8-9H2,1-2H3. The van der Waals surface area contributed by atoms with Crippen LogP contribution in [0.15, 0.2) is 47.4 Å². The van der Waals surface area contributed by atoms with E-state index in [1.165, 1.54) is 37.4 Å². The highest BCUT2D eigenvalue weighted by molar-refractivity contribution is 7.92. The summed E-state index contributed by atoms with van der Waals surface area (Å²) in [7, 11) is -0.778. The Morgan fingerprint density at radius 3 is 2.56 bits per heavy atom. The van der Waals surface area contributed by atoms with Crippen LogP contribution in [0.1, 0.15) is 5.56 Å². The number of methoxy groups -OCH3 is 2. The second-order valence-electron chi connectivity index (χ2n) is 4.95. The molecule has 8 heteroatoms. The fraction of sp³-hybridized carbons (Fsp3) is 0.235. The third kappa shape index (κ3) is 4.86. The molecule has 0 unspecified atom stereocenters. The zero-order valence-corrected chi connectivity index (χ0v) is 14.7. The summed E-state index contributed by atoms with van der Waals surface area (Å²) in [5.41, 5.74) is 0.580. The summed E-state index contributed by atoms with van der Waals surface area (Å²) in [5, 5.41) is 8.91. The van der Waals surface area contributed by atoms with Gasteiger partial charge in [-0.1, -0.05) is 6.07 Å². The first-order chi connectivity index (χ1) is 12.0. The fourth-order valence-corrected chi connectivity index (χ4v) is 3.13. The Morgan fingerprint density at radius 2 is 1.88 bits per heavy atom. The maximum atomic E-state index is 12.5. The molecule has 0 saturated carbocycles. The average Bonchev–Trinajstić information content (AvgIpc) is 2.62. The Balaban J connectivity index is 2.26. The molecule has 0 heterocycles. The minimum Gasteiger partial charge on any atom is -0.493 e. The first-order valence-electron chi connectivity index (χ1n) is 7.33. The molecule has 0 aromatic heterocycles. The van der Waals surface area contributed by atoms with E-state index in [0.29, 0.717) is 30.4 Å². The van der Waals surface area contributed by atoms with Crippen LogP contribution in [0.4, 0.5) is 5.69 Å². The van der Waals surface area contributed by atoms with Gasteiger partial charge in [-0.15, -0.1) is 0 Å². The van der Waals surface area contributed by atoms with Crippen molar-refractivity contribution in [1.29, 1.82) is 5.26 Å². The monoisotopic (exact) mass is 362 g/mol. The number of rotatable bonds is 8. The summed E-state index contributed by atoms with van der Waals surface area (Å²) in [6, 6.07) is 12.4. The van der Waals surface area contributed by atoms with Gasteiger partial charge in [0.25, 0.3) is 10.0 Å². The van der Waals surface area contributed by atoms with E-state index >= 15 is 0 Å². The van der Waals surface area contributed by atoms with Crippen molar-refractivity contribution in [2.75, 3.05) is 32.2 Å². The third-order valence-corrected chi connectivity index (χ3v) is 4.61. The number of anilines is 1. The van der Waals surface area contributed by atoms with Crippen molar-refractivity contribution in [2.24, 2.45) is 0 Å². The maximum absolute atomic E-state index is 12.5. The van der Waals surface area contributed by atoms with Crippen molar-refractivity contribution in [1.82, 2.24) is 0 Å². The number of nitrogens with one attached hydrogen (secondary N) is 1. The largest absolute Gasteiger partial charge is 0.493 e. The fourth-order valence-electron chi connectivity index (χ4n) is 2.03. The Morgan fingerprint density at radius 1 is 1.08 bits per heavy atom. The van der Waals surface area contributed by atoms with Crippen LogP contribution in [0, 0.1) is 11.3 Å². The molecule has 2 rings (SSSR count). The Labute approximate surface area is 146 Å². The van der Waals surface area contributed by atoms with Crippen LogP contribution in [0.3, 0.4) is 0 Å². The highest BCUT2D eigenvalue weighted by Crippen LogP contribution is 2.31. The van der Waals surface area contributed by atoms with Gasteiger partial charge in [0.2, 0.25) is 0 Å². The molecular weight excluding hydrogens is 344 g/mol. The number of hydrogen-bond donors (Lipinski definition) is 1. The van der Waals surface area contributed by atoms with E-state index < -0.39 is 10.0 Å². The van der Waals surface area contributed by atoms with Gasteiger partial charge in [0.1, 0.15) is 6.61 Å². The van der Waals surface area contributed by atoms with Gasteiger partial charge in [-0.25, -0.2) is 8.42 Å². The molecule has 132 valence electrons. The predicted octanol–water partition coefficient (Wildman–Crippen LogP) is 2.39. The number of benzene rings is 2. The van der Waals surface area contributed by atoms with Crippen molar-refractivity contribution >= 4 is 15.7 Å². The lowest BCUT2D eigenvalue weighted by atomic mass is 10.2. The zero-order valence-electron chi connectivity index (χ0n) is 13.9. The van der Waals surface area contributed by atoms with E-state index in [0.717, 1.165) is 0 Å². The van der Waals surface area contributed by atoms with Crippen molar-refractivity contribution in [2.45, 2.75) is 4.90 Å². The lowest BCUT2D eigenvalue weighted by molar-refractivity contribution is 0.144. The van der Waals surface area contributed by atoms with Gasteiger partial charge in [-0.05, 0) is 30.3 Å². The smallest absolute Gasteiger partial charge is 0.261 e. The quantitative estimate of drug-likeness (QED) is 0.724. The summed E-state index contributed by atoms with van der Waals surface area (Å²) in [6.07, 6.45) is 0. The molecule has 0 saturated heterocycles. The molecule has 0 amide bonds. The molecule has 7 nitrogen and oxygen atoms in total. The summed E-state index contributed by atoms with van der Waals surface area (Å²) in [4.78, 5) is 0.00391. The van der Waals surface area contributed by atoms with Crippen molar-refractivity contribution < 1.29 is 22.6 Å². The SMILES string of the molecule is COCCOc1cc(NS(=O)(=O)c2cccc(C#N)c2)ccc1OC. The van der Waals surface area contributed by atoms with Crippen LogP contribution >= 0.6 is 0 Å². The average molecular weight is 362 g/mol. The lowest BCUT2D eigenvalue weighted by Crippen LogP contribution is -2.13. The molecule has 25 heavy (non-hydrogen) atoms. The molecule has 0 aliphatic rings. The van der Waals surface area contributed by atoms with Crippen LogP contribution in [-0.4, -0.2) is 35.9 Å². The van der Waals surface area contributed by atoms with Crippen molar-refractivity contribution in [3.05, 3.63) is 48.0 Å². The van der Waals surface area contributed by atoms with Crippen LogP contribution in [0.25, 0.3) is 0 Å². The molecule has 0 radical (unpaired) electrons. The van der Waals surface area contributed by atoms with Crippen molar-refractivity contribution in [3.63, 3.8) is 0 Å². The predicted molar refractivity (Wildman–Crippen MR) is 92.3 cm³/mol. The molecule has 0 bridgehead atoms. The van der Waals surface area contributed by atoms with Gasteiger partial charge < -0.3 is 14.2 Å². The molecule has 1 N–H and O–H groups in total. The first kappa shape index (κ1) is 18.6. The van der Waals surface area contributed by atoms with E-state index in [4.69, 9.17) is 19.5 Å². The molecule has 0 aliphatic heterocycles. The van der Waals surface area contributed by atoms with E-state index in [1.807, 2.05) is 6.07 Å². The Bertz CT molecular complexity index is 875. The molecule has 0 spiro atoms. The summed E-state index contributed by atoms with van der Waals surface area (Å²) < 4.78 is 43.1. The van der Waals surface area contributed by atoms with Gasteiger partial charge in [0.15, 0.2) is 11.5 Å². The number of nitrogens with zero attached hydrogens (tertiary/aromatic N) is 1. The number of sulfonamides is 1. The van der Waals surface area contributed by atoms with Crippen LogP contribution in [-0.2, 0) is 14.8 Å². The van der Waals surface area contributed by atoms with Gasteiger partial charge in [-0.2, -0.15) is 5.26 Å². The first-order valence-corrected chi connectivity index (χ1v) is 8.81. The lowest BCUT2D eigenvalue weighted by Gasteiger charge is -2.13. The second kappa shape index (κ2) is 8.37. The number of ether oxygens (including phenoxy) is 3. The molecule has 2 aromatic carbocycles. The van der Waals surface area contributed by atoms with Gasteiger partial charge in [-0.3, -0.25) is 4.72 Å². The highest BCUT2D eigenvalue weighted by Gasteiger charge is 2.16. The van der Waals surface area contributed by atoms with Crippen LogP contribution < -0.4 is 14.2 Å². The summed E-state index contributed by atoms with van der Waals surface area (Å²) in [6.45, 7) is 0.688. The Kier molecular flexibility index (Phi) is 6.22. The number of hydrogen-bond acceptors (Lipinski definition) is 6. The van der Waals surface area contributed by atoms with Crippen LogP contribution in [0.5, 0.6) is 11.5 Å². The zero-order chi connectivity index (χ0) is 18.3. The third-order valence-electron chi connectivity index (χ3n) is 3.23. The van der Waals surface area contributed by atoms with E-state index in [-0.39, 0.29) is 10.5 Å². The normalized spacial score (nSPS) is 10.8. The van der Waals surface area contributed by atoms with Gasteiger partial charge in [0.05, 0.1) is 35.9 Å². The Hall–Kier alpha value is -2.76. The summed E-state index contributed by atoms with van der Waals surface area (Å²) in [5.74, 6) is 0.871. The highest BCUT2D eigenvalue weighted by atomic mass is 32.2. The van der Waals surface area contributed by atoms with Crippen LogP contribution in [0.2, 0.25) is 0 Å². The minimum atomic E-state index is -3.83. The minimum absolute atomic E-state index is 0.00391. The molecular formula is C17H18N2O5S. The van der Waals surface area contributed by atoms with E-state index in [2.05, 4.69) is 4.72 Å². The molecule has 0 aliphatic carbocycles. The number of nitriles is 1. The molecule has 0 atom stereocenters.